The standard InChI is InChI=1S/C4H8O2.3F2/c1-5-2-4-3-6-4;3*1-2/h4H,2-3H2,1H3;;;. The molecule has 12 heavy (non-hydrogen) atoms. The molecule has 2 nitrogen and oxygen atoms in total. The summed E-state index contributed by atoms with van der Waals surface area (Å²) >= 11 is 0. The van der Waals surface area contributed by atoms with Crippen LogP contribution in [0.5, 0.6) is 0 Å². The summed E-state index contributed by atoms with van der Waals surface area (Å²) in [5.41, 5.74) is 0. The van der Waals surface area contributed by atoms with Gasteiger partial charge in [-0.1, -0.05) is 0 Å². The first-order chi connectivity index (χ1) is 5.93. The number of hydrogen-bond donors (Lipinski definition) is 0. The smallest absolute Gasteiger partial charge is 0.104 e. The van der Waals surface area contributed by atoms with E-state index in [4.69, 9.17) is 36.9 Å². The highest BCUT2D eigenvalue weighted by Gasteiger charge is 2.21. The van der Waals surface area contributed by atoms with Crippen molar-refractivity contribution in [2.24, 2.45) is 0 Å². The molecule has 1 heterocycles. The summed E-state index contributed by atoms with van der Waals surface area (Å²) in [6.45, 7) is 1.66. The fourth-order valence-electron chi connectivity index (χ4n) is 0.350. The summed E-state index contributed by atoms with van der Waals surface area (Å²) in [4.78, 5) is 0. The number of epoxide rings is 1. The Balaban J connectivity index is -0.000000117. The van der Waals surface area contributed by atoms with Crippen molar-refractivity contribution in [1.29, 1.82) is 0 Å². The van der Waals surface area contributed by atoms with Crippen LogP contribution in [0.15, 0.2) is 0 Å². The van der Waals surface area contributed by atoms with Crippen LogP contribution in [0, 0.1) is 0 Å². The minimum atomic E-state index is 0.426. The SMILES string of the molecule is COCC1CO1.FF.FF.FF. The van der Waals surface area contributed by atoms with Crippen molar-refractivity contribution in [2.75, 3.05) is 20.3 Å². The first-order valence-corrected chi connectivity index (χ1v) is 2.47. The van der Waals surface area contributed by atoms with Crippen molar-refractivity contribution in [2.45, 2.75) is 6.10 Å². The van der Waals surface area contributed by atoms with Gasteiger partial charge in [-0.15, -0.1) is 0 Å². The molecule has 8 heteroatoms. The Labute approximate surface area is 64.6 Å². The van der Waals surface area contributed by atoms with Crippen molar-refractivity contribution in [3.63, 3.8) is 0 Å². The molecule has 1 atom stereocenters. The van der Waals surface area contributed by atoms with Crippen LogP contribution in [0.4, 0.5) is 27.4 Å². The largest absolute Gasteiger partial charge is 0.382 e. The third-order valence-corrected chi connectivity index (χ3v) is 0.755. The van der Waals surface area contributed by atoms with Crippen LogP contribution in [-0.4, -0.2) is 26.4 Å². The van der Waals surface area contributed by atoms with Crippen molar-refractivity contribution in [1.82, 2.24) is 0 Å². The van der Waals surface area contributed by atoms with E-state index in [1.54, 1.807) is 7.11 Å². The summed E-state index contributed by atoms with van der Waals surface area (Å²) in [7, 11) is 1.68. The van der Waals surface area contributed by atoms with Gasteiger partial charge < -0.3 is 9.47 Å². The Hall–Kier alpha value is -0.500. The van der Waals surface area contributed by atoms with Gasteiger partial charge in [0.25, 0.3) is 0 Å². The minimum absolute atomic E-state index is 0.426. The maximum absolute atomic E-state index is 8.00. The molecule has 1 saturated heterocycles. The molecule has 0 amide bonds. The Morgan fingerprint density at radius 3 is 1.58 bits per heavy atom. The maximum atomic E-state index is 8.00. The fraction of sp³-hybridized carbons (Fsp3) is 1.00. The second-order valence-corrected chi connectivity index (χ2v) is 1.41. The lowest BCUT2D eigenvalue weighted by Gasteiger charge is -1.84. The van der Waals surface area contributed by atoms with Gasteiger partial charge in [-0.25, -0.2) is 0 Å². The van der Waals surface area contributed by atoms with E-state index >= 15 is 0 Å². The molecule has 0 saturated carbocycles. The number of hydrogen-bond acceptors (Lipinski definition) is 2. The first-order valence-electron chi connectivity index (χ1n) is 2.47. The number of rotatable bonds is 2. The normalized spacial score (nSPS) is 16.8. The van der Waals surface area contributed by atoms with E-state index in [2.05, 4.69) is 0 Å². The molecule has 0 spiro atoms. The van der Waals surface area contributed by atoms with Crippen LogP contribution < -0.4 is 0 Å². The van der Waals surface area contributed by atoms with Crippen molar-refractivity contribution in [3.8, 4) is 0 Å². The number of halogens is 6. The summed E-state index contributed by atoms with van der Waals surface area (Å²) in [5.74, 6) is 0. The predicted octanol–water partition coefficient (Wildman–Crippen LogP) is 2.55. The molecular weight excluding hydrogens is 194 g/mol. The summed E-state index contributed by atoms with van der Waals surface area (Å²) in [6.07, 6.45) is 0.426. The Morgan fingerprint density at radius 2 is 1.50 bits per heavy atom. The van der Waals surface area contributed by atoms with Crippen LogP contribution in [-0.2, 0) is 9.47 Å². The fourth-order valence-corrected chi connectivity index (χ4v) is 0.350. The van der Waals surface area contributed by atoms with Gasteiger partial charge >= 0.3 is 0 Å². The molecule has 1 fully saturated rings. The summed E-state index contributed by atoms with van der Waals surface area (Å²) in [6, 6.07) is 0. The summed E-state index contributed by atoms with van der Waals surface area (Å²) in [5, 5.41) is 0. The highest BCUT2D eigenvalue weighted by atomic mass is 20.0. The molecule has 0 aromatic rings. The van der Waals surface area contributed by atoms with E-state index in [9.17, 15) is 0 Å². The van der Waals surface area contributed by atoms with E-state index in [1.165, 1.54) is 0 Å². The number of methoxy groups -OCH3 is 1. The van der Waals surface area contributed by atoms with Gasteiger partial charge in [0, 0.05) is 34.6 Å². The molecule has 1 rings (SSSR count). The lowest BCUT2D eigenvalue weighted by atomic mass is 10.5. The van der Waals surface area contributed by atoms with Gasteiger partial charge in [0.1, 0.15) is 6.10 Å². The maximum Gasteiger partial charge on any atom is 0.104 e. The summed E-state index contributed by atoms with van der Waals surface area (Å²) < 4.78 is 57.6. The van der Waals surface area contributed by atoms with Crippen LogP contribution in [0.1, 0.15) is 0 Å². The van der Waals surface area contributed by atoms with E-state index in [1.807, 2.05) is 0 Å². The van der Waals surface area contributed by atoms with Gasteiger partial charge in [-0.3, -0.25) is 0 Å². The Bertz CT molecular complexity index is 52.8. The average Bonchev–Trinajstić information content (AvgIpc) is 3.00. The zero-order valence-electron chi connectivity index (χ0n) is 6.08. The molecule has 0 aliphatic carbocycles. The van der Waals surface area contributed by atoms with Crippen LogP contribution in [0.25, 0.3) is 0 Å². The average molecular weight is 202 g/mol. The third kappa shape index (κ3) is 22.7. The lowest BCUT2D eigenvalue weighted by Crippen LogP contribution is -1.94. The van der Waals surface area contributed by atoms with E-state index in [0.717, 1.165) is 13.2 Å². The molecule has 0 aromatic heterocycles. The minimum Gasteiger partial charge on any atom is -0.382 e. The highest BCUT2D eigenvalue weighted by Crippen LogP contribution is 2.06. The highest BCUT2D eigenvalue weighted by molar-refractivity contribution is 4.66. The zero-order chi connectivity index (χ0) is 10.4. The molecule has 0 radical (unpaired) electrons. The van der Waals surface area contributed by atoms with E-state index < -0.39 is 0 Å². The van der Waals surface area contributed by atoms with Gasteiger partial charge in [0.05, 0.1) is 13.2 Å². The van der Waals surface area contributed by atoms with Crippen LogP contribution in [0.3, 0.4) is 0 Å². The molecule has 1 unspecified atom stereocenters. The molecular formula is C4H8F6O2. The molecule has 1 aliphatic heterocycles. The van der Waals surface area contributed by atoms with Gasteiger partial charge in [0.15, 0.2) is 0 Å². The Kier molecular flexibility index (Phi) is 32.8. The third-order valence-electron chi connectivity index (χ3n) is 0.755. The molecule has 78 valence electrons. The van der Waals surface area contributed by atoms with E-state index in [-0.39, 0.29) is 0 Å². The van der Waals surface area contributed by atoms with Crippen molar-refractivity contribution < 1.29 is 36.9 Å². The number of ether oxygens (including phenoxy) is 2. The topological polar surface area (TPSA) is 21.8 Å². The lowest BCUT2D eigenvalue weighted by molar-refractivity contribution is 0.108. The van der Waals surface area contributed by atoms with Gasteiger partial charge in [-0.2, -0.15) is 0 Å². The zero-order valence-corrected chi connectivity index (χ0v) is 6.08. The van der Waals surface area contributed by atoms with Gasteiger partial charge in [-0.05, 0) is 0 Å². The van der Waals surface area contributed by atoms with Gasteiger partial charge in [0.2, 0.25) is 0 Å². The van der Waals surface area contributed by atoms with E-state index in [0.29, 0.717) is 6.10 Å². The van der Waals surface area contributed by atoms with Crippen LogP contribution >= 0.6 is 0 Å². The van der Waals surface area contributed by atoms with Crippen LogP contribution in [0.2, 0.25) is 0 Å². The van der Waals surface area contributed by atoms with Crippen molar-refractivity contribution in [3.05, 3.63) is 0 Å². The molecule has 0 N–H and O–H groups in total. The van der Waals surface area contributed by atoms with Crippen molar-refractivity contribution >= 4 is 0 Å². The molecule has 1 aliphatic rings. The monoisotopic (exact) mass is 202 g/mol. The second-order valence-electron chi connectivity index (χ2n) is 1.41. The second kappa shape index (κ2) is 22.4. The first kappa shape index (κ1) is 17.5. The molecule has 0 aromatic carbocycles. The Morgan fingerprint density at radius 1 is 1.17 bits per heavy atom. The quantitative estimate of drug-likeness (QED) is 0.507. The predicted molar refractivity (Wildman–Crippen MR) is 28.3 cm³/mol. The molecule has 0 bridgehead atoms.